The van der Waals surface area contributed by atoms with Crippen LogP contribution in [0.4, 0.5) is 26.3 Å². The number of likely N-dealkylation sites (tertiary alicyclic amines) is 1. The van der Waals surface area contributed by atoms with Crippen molar-refractivity contribution in [2.24, 2.45) is 4.99 Å². The van der Waals surface area contributed by atoms with Crippen LogP contribution in [0.3, 0.4) is 0 Å². The summed E-state index contributed by atoms with van der Waals surface area (Å²) in [5, 5.41) is 2.46. The highest BCUT2D eigenvalue weighted by Gasteiger charge is 2.36. The zero-order valence-corrected chi connectivity index (χ0v) is 22.2. The highest BCUT2D eigenvalue weighted by molar-refractivity contribution is 8.15. The molecule has 0 radical (unpaired) electrons. The van der Waals surface area contributed by atoms with Crippen molar-refractivity contribution in [1.82, 2.24) is 15.2 Å². The molecule has 1 atom stereocenters. The van der Waals surface area contributed by atoms with Gasteiger partial charge in [0, 0.05) is 37.8 Å². The van der Waals surface area contributed by atoms with Crippen LogP contribution in [0, 0.1) is 5.82 Å². The van der Waals surface area contributed by atoms with Crippen molar-refractivity contribution in [2.75, 3.05) is 26.7 Å². The zero-order chi connectivity index (χ0) is 28.6. The Hall–Kier alpha value is -2.77. The number of carbonyl (C=O) groups excluding carboxylic acids is 1. The van der Waals surface area contributed by atoms with E-state index >= 15 is 0 Å². The number of pyridine rings is 1. The van der Waals surface area contributed by atoms with E-state index < -0.39 is 47.9 Å². The molecule has 1 fully saturated rings. The van der Waals surface area contributed by atoms with E-state index in [1.165, 1.54) is 37.0 Å². The van der Waals surface area contributed by atoms with Crippen molar-refractivity contribution in [3.8, 4) is 5.88 Å². The third-order valence-electron chi connectivity index (χ3n) is 5.83. The molecular weight excluding hydrogens is 570 g/mol. The maximum absolute atomic E-state index is 14.2. The number of nitrogens with one attached hydrogen (secondary N) is 1. The lowest BCUT2D eigenvalue weighted by Crippen LogP contribution is -2.49. The Labute approximate surface area is 230 Å². The van der Waals surface area contributed by atoms with E-state index in [2.05, 4.69) is 15.3 Å². The topological polar surface area (TPSA) is 66.8 Å². The SMILES string of the molecule is CN=CS/C(=C/C(F)F)C(CNC(=O)c1c(F)cccc1Cl)N1CCC(Oc2ncccc2C(F)(F)F)CC1. The Balaban J connectivity index is 1.77. The molecule has 3 rings (SSSR count). The van der Waals surface area contributed by atoms with Crippen molar-refractivity contribution >= 4 is 34.8 Å². The van der Waals surface area contributed by atoms with Gasteiger partial charge in [-0.15, -0.1) is 0 Å². The number of benzene rings is 1. The lowest BCUT2D eigenvalue weighted by molar-refractivity contribution is -0.139. The van der Waals surface area contributed by atoms with E-state index in [-0.39, 0.29) is 48.0 Å². The number of alkyl halides is 5. The zero-order valence-electron chi connectivity index (χ0n) is 20.6. The highest BCUT2D eigenvalue weighted by Crippen LogP contribution is 2.36. The van der Waals surface area contributed by atoms with Gasteiger partial charge in [0.1, 0.15) is 17.5 Å². The molecule has 14 heteroatoms. The predicted molar refractivity (Wildman–Crippen MR) is 138 cm³/mol. The van der Waals surface area contributed by atoms with Gasteiger partial charge in [-0.2, -0.15) is 13.2 Å². The number of hydrogen-bond donors (Lipinski definition) is 1. The summed E-state index contributed by atoms with van der Waals surface area (Å²) in [6.07, 6.45) is -5.56. The van der Waals surface area contributed by atoms with E-state index in [1.54, 1.807) is 4.90 Å². The molecule has 1 N–H and O–H groups in total. The molecule has 2 aromatic rings. The largest absolute Gasteiger partial charge is 0.474 e. The first-order chi connectivity index (χ1) is 18.5. The monoisotopic (exact) mass is 594 g/mol. The summed E-state index contributed by atoms with van der Waals surface area (Å²) < 4.78 is 86.6. The summed E-state index contributed by atoms with van der Waals surface area (Å²) in [6.45, 7) is 0.338. The summed E-state index contributed by atoms with van der Waals surface area (Å²) in [6, 6.07) is 5.05. The fourth-order valence-corrected chi connectivity index (χ4v) is 5.08. The second-order valence-electron chi connectivity index (χ2n) is 8.41. The minimum atomic E-state index is -4.64. The van der Waals surface area contributed by atoms with Crippen molar-refractivity contribution in [3.05, 3.63) is 69.5 Å². The molecule has 1 saturated heterocycles. The lowest BCUT2D eigenvalue weighted by Gasteiger charge is -2.38. The number of aliphatic imine (C=N–C) groups is 1. The number of allylic oxidation sites excluding steroid dienone is 1. The second kappa shape index (κ2) is 14.0. The number of thioether (sulfide) groups is 1. The number of rotatable bonds is 10. The molecular formula is C25H25ClF6N4O2S. The van der Waals surface area contributed by atoms with E-state index in [0.717, 1.165) is 30.0 Å². The Morgan fingerprint density at radius 2 is 2.00 bits per heavy atom. The summed E-state index contributed by atoms with van der Waals surface area (Å²) >= 11 is 6.92. The molecule has 1 aliphatic rings. The van der Waals surface area contributed by atoms with Crippen molar-refractivity contribution in [2.45, 2.75) is 37.6 Å². The molecule has 1 aliphatic heterocycles. The molecule has 1 aromatic heterocycles. The summed E-state index contributed by atoms with van der Waals surface area (Å²) in [4.78, 5) is 22.3. The fraction of sp³-hybridized carbons (Fsp3) is 0.400. The highest BCUT2D eigenvalue weighted by atomic mass is 35.5. The molecule has 0 saturated carbocycles. The molecule has 2 heterocycles. The van der Waals surface area contributed by atoms with Crippen LogP contribution >= 0.6 is 23.4 Å². The Kier molecular flexibility index (Phi) is 11.1. The standard InChI is InChI=1S/C25H25ClF6N4O2S/c1-33-14-39-20(12-21(28)29)19(13-35-23(37)22-17(26)5-2-6-18(22)27)36-10-7-15(8-11-36)38-24-16(25(30,31)32)4-3-9-34-24/h2-6,9,12,14-15,19,21H,7-8,10-11,13H2,1H3,(H,35,37)/b20-12+,33-14?. The van der Waals surface area contributed by atoms with Gasteiger partial charge >= 0.3 is 6.18 Å². The van der Waals surface area contributed by atoms with E-state index in [1.807, 2.05) is 0 Å². The molecule has 0 bridgehead atoms. The van der Waals surface area contributed by atoms with Gasteiger partial charge < -0.3 is 10.1 Å². The van der Waals surface area contributed by atoms with E-state index in [0.29, 0.717) is 0 Å². The normalized spacial score (nSPS) is 16.6. The molecule has 39 heavy (non-hydrogen) atoms. The predicted octanol–water partition coefficient (Wildman–Crippen LogP) is 6.08. The summed E-state index contributed by atoms with van der Waals surface area (Å²) in [7, 11) is 1.47. The van der Waals surface area contributed by atoms with Gasteiger partial charge in [0.15, 0.2) is 0 Å². The van der Waals surface area contributed by atoms with Crippen LogP contribution in [0.25, 0.3) is 0 Å². The number of halogens is 7. The van der Waals surface area contributed by atoms with Crippen LogP contribution in [0.1, 0.15) is 28.8 Å². The summed E-state index contributed by atoms with van der Waals surface area (Å²) in [5.41, 5.74) is 0.00655. The minimum Gasteiger partial charge on any atom is -0.474 e. The van der Waals surface area contributed by atoms with Crippen LogP contribution in [0.15, 0.2) is 52.5 Å². The van der Waals surface area contributed by atoms with E-state index in [9.17, 15) is 31.1 Å². The van der Waals surface area contributed by atoms with Gasteiger partial charge in [-0.25, -0.2) is 18.2 Å². The van der Waals surface area contributed by atoms with Gasteiger partial charge in [-0.05, 0) is 43.2 Å². The Morgan fingerprint density at radius 3 is 2.62 bits per heavy atom. The minimum absolute atomic E-state index is 0.106. The fourth-order valence-electron chi connectivity index (χ4n) is 4.03. The van der Waals surface area contributed by atoms with Crippen LogP contribution in [-0.4, -0.2) is 66.6 Å². The first-order valence-corrected chi connectivity index (χ1v) is 13.0. The van der Waals surface area contributed by atoms with Crippen LogP contribution < -0.4 is 10.1 Å². The molecule has 212 valence electrons. The first kappa shape index (κ1) is 30.8. The van der Waals surface area contributed by atoms with Gasteiger partial charge in [0.05, 0.1) is 22.2 Å². The smallest absolute Gasteiger partial charge is 0.421 e. The first-order valence-electron chi connectivity index (χ1n) is 11.7. The van der Waals surface area contributed by atoms with Crippen molar-refractivity contribution < 1.29 is 35.9 Å². The second-order valence-corrected chi connectivity index (χ2v) is 9.74. The number of amides is 1. The van der Waals surface area contributed by atoms with Crippen LogP contribution in [0.5, 0.6) is 5.88 Å². The summed E-state index contributed by atoms with van der Waals surface area (Å²) in [5.74, 6) is -2.18. The average molecular weight is 595 g/mol. The molecule has 0 spiro atoms. The number of piperidine rings is 1. The molecule has 1 aromatic carbocycles. The van der Waals surface area contributed by atoms with Crippen molar-refractivity contribution in [3.63, 3.8) is 0 Å². The Morgan fingerprint density at radius 1 is 1.28 bits per heavy atom. The quantitative estimate of drug-likeness (QED) is 0.205. The van der Waals surface area contributed by atoms with E-state index in [4.69, 9.17) is 16.3 Å². The number of carbonyl (C=O) groups is 1. The maximum Gasteiger partial charge on any atom is 0.421 e. The van der Waals surface area contributed by atoms with Gasteiger partial charge in [-0.1, -0.05) is 29.4 Å². The number of nitrogens with zero attached hydrogens (tertiary/aromatic N) is 3. The van der Waals surface area contributed by atoms with Gasteiger partial charge in [0.25, 0.3) is 12.3 Å². The average Bonchev–Trinajstić information content (AvgIpc) is 2.87. The van der Waals surface area contributed by atoms with Crippen molar-refractivity contribution in [1.29, 1.82) is 0 Å². The Bertz CT molecular complexity index is 1170. The molecule has 6 nitrogen and oxygen atoms in total. The van der Waals surface area contributed by atoms with Gasteiger partial charge in [0.2, 0.25) is 5.88 Å². The van der Waals surface area contributed by atoms with Crippen LogP contribution in [0.2, 0.25) is 5.02 Å². The third kappa shape index (κ3) is 8.61. The van der Waals surface area contributed by atoms with Gasteiger partial charge in [-0.3, -0.25) is 14.7 Å². The molecule has 0 aliphatic carbocycles. The van der Waals surface area contributed by atoms with Crippen LogP contribution in [-0.2, 0) is 6.18 Å². The lowest BCUT2D eigenvalue weighted by atomic mass is 10.0. The number of aromatic nitrogens is 1. The third-order valence-corrected chi connectivity index (χ3v) is 7.14. The molecule has 1 amide bonds. The maximum atomic E-state index is 14.2. The number of ether oxygens (including phenoxy) is 1. The molecule has 1 unspecified atom stereocenters. The number of hydrogen-bond acceptors (Lipinski definition) is 6.